The summed E-state index contributed by atoms with van der Waals surface area (Å²) in [5.41, 5.74) is 0.922. The van der Waals surface area contributed by atoms with Gasteiger partial charge in [0.25, 0.3) is 0 Å². The number of aromatic nitrogens is 5. The number of pyridine rings is 1. The van der Waals surface area contributed by atoms with E-state index >= 15 is 0 Å². The number of imidazole rings is 1. The molecule has 0 radical (unpaired) electrons. The van der Waals surface area contributed by atoms with Gasteiger partial charge in [-0.2, -0.15) is 0 Å². The van der Waals surface area contributed by atoms with Crippen molar-refractivity contribution < 1.29 is 0 Å². The Bertz CT molecular complexity index is 976. The fraction of sp³-hybridized carbons (Fsp3) is 0.143. The number of rotatable bonds is 3. The third-order valence-corrected chi connectivity index (χ3v) is 4.95. The molecule has 0 saturated heterocycles. The van der Waals surface area contributed by atoms with Gasteiger partial charge in [0.15, 0.2) is 0 Å². The Morgan fingerprint density at radius 3 is 3.00 bits per heavy atom. The van der Waals surface area contributed by atoms with E-state index in [1.807, 2.05) is 23.9 Å². The van der Waals surface area contributed by atoms with Gasteiger partial charge in [0.1, 0.15) is 22.8 Å². The molecule has 0 unspecified atom stereocenters. The molecule has 4 heterocycles. The van der Waals surface area contributed by atoms with Crippen LogP contribution in [0.4, 0.5) is 5.82 Å². The van der Waals surface area contributed by atoms with Crippen LogP contribution in [0.3, 0.4) is 0 Å². The average Bonchev–Trinajstić information content (AvgIpc) is 3.09. The molecule has 0 spiro atoms. The van der Waals surface area contributed by atoms with Gasteiger partial charge < -0.3 is 9.88 Å². The van der Waals surface area contributed by atoms with E-state index in [-0.39, 0.29) is 0 Å². The minimum Gasteiger partial charge on any atom is -0.362 e. The summed E-state index contributed by atoms with van der Waals surface area (Å²) in [5, 5.41) is 4.38. The molecular weight excluding hydrogens is 364 g/mol. The Morgan fingerprint density at radius 2 is 2.18 bits per heavy atom. The average molecular weight is 375 g/mol. The third kappa shape index (κ3) is 2.24. The van der Waals surface area contributed by atoms with Crippen molar-refractivity contribution in [2.45, 2.75) is 6.54 Å². The molecular formula is C14H11BrN6S. The molecule has 0 aliphatic carbocycles. The fourth-order valence-corrected chi connectivity index (χ4v) is 3.67. The maximum Gasteiger partial charge on any atom is 0.147 e. The highest BCUT2D eigenvalue weighted by molar-refractivity contribution is 9.10. The molecule has 4 aromatic heterocycles. The van der Waals surface area contributed by atoms with E-state index in [0.29, 0.717) is 6.54 Å². The predicted octanol–water partition coefficient (Wildman–Crippen LogP) is 3.35. The number of anilines is 1. The van der Waals surface area contributed by atoms with Crippen molar-refractivity contribution >= 4 is 53.5 Å². The number of halogens is 1. The van der Waals surface area contributed by atoms with Crippen LogP contribution in [0.1, 0.15) is 5.82 Å². The zero-order valence-corrected chi connectivity index (χ0v) is 14.0. The molecule has 0 aromatic carbocycles. The van der Waals surface area contributed by atoms with Crippen molar-refractivity contribution in [3.8, 4) is 0 Å². The standard InChI is InChI=1S/C14H11BrN6S/c1-21-3-2-16-10(21)6-17-13-12-11(19-7-20-13)9-4-8(15)5-18-14(9)22-12/h2-5,7H,6H2,1H3,(H,17,19,20). The lowest BCUT2D eigenvalue weighted by molar-refractivity contribution is 0.811. The maximum absolute atomic E-state index is 4.44. The second-order valence-electron chi connectivity index (χ2n) is 4.82. The first-order chi connectivity index (χ1) is 10.7. The van der Waals surface area contributed by atoms with Gasteiger partial charge in [-0.25, -0.2) is 19.9 Å². The van der Waals surface area contributed by atoms with Crippen LogP contribution >= 0.6 is 27.3 Å². The molecule has 110 valence electrons. The Kier molecular flexibility index (Phi) is 3.27. The third-order valence-electron chi connectivity index (χ3n) is 3.41. The van der Waals surface area contributed by atoms with Crippen LogP contribution in [0.5, 0.6) is 0 Å². The minimum absolute atomic E-state index is 0.612. The largest absolute Gasteiger partial charge is 0.362 e. The molecule has 0 aliphatic rings. The van der Waals surface area contributed by atoms with Gasteiger partial charge in [0, 0.05) is 35.5 Å². The molecule has 0 saturated carbocycles. The van der Waals surface area contributed by atoms with Crippen molar-refractivity contribution in [1.82, 2.24) is 24.5 Å². The number of fused-ring (bicyclic) bond motifs is 3. The number of nitrogens with zero attached hydrogens (tertiary/aromatic N) is 5. The molecule has 6 nitrogen and oxygen atoms in total. The Labute approximate surface area is 138 Å². The summed E-state index contributed by atoms with van der Waals surface area (Å²) in [7, 11) is 1.97. The van der Waals surface area contributed by atoms with Crippen LogP contribution < -0.4 is 5.32 Å². The minimum atomic E-state index is 0.612. The van der Waals surface area contributed by atoms with Gasteiger partial charge in [0.2, 0.25) is 0 Å². The monoisotopic (exact) mass is 374 g/mol. The lowest BCUT2D eigenvalue weighted by Gasteiger charge is -2.06. The maximum atomic E-state index is 4.44. The summed E-state index contributed by atoms with van der Waals surface area (Å²) in [4.78, 5) is 18.5. The molecule has 0 aliphatic heterocycles. The second-order valence-corrected chi connectivity index (χ2v) is 6.73. The predicted molar refractivity (Wildman–Crippen MR) is 91.0 cm³/mol. The van der Waals surface area contributed by atoms with Gasteiger partial charge in [-0.15, -0.1) is 11.3 Å². The topological polar surface area (TPSA) is 68.5 Å². The highest BCUT2D eigenvalue weighted by Crippen LogP contribution is 2.35. The summed E-state index contributed by atoms with van der Waals surface area (Å²) >= 11 is 5.05. The number of nitrogens with one attached hydrogen (secondary N) is 1. The molecule has 1 N–H and O–H groups in total. The molecule has 0 fully saturated rings. The highest BCUT2D eigenvalue weighted by Gasteiger charge is 2.12. The first kappa shape index (κ1) is 13.6. The van der Waals surface area contributed by atoms with E-state index < -0.39 is 0 Å². The lowest BCUT2D eigenvalue weighted by Crippen LogP contribution is -2.06. The van der Waals surface area contributed by atoms with Crippen LogP contribution in [0, 0.1) is 0 Å². The smallest absolute Gasteiger partial charge is 0.147 e. The van der Waals surface area contributed by atoms with Gasteiger partial charge in [0.05, 0.1) is 16.8 Å². The number of aryl methyl sites for hydroxylation is 1. The van der Waals surface area contributed by atoms with Crippen molar-refractivity contribution in [2.75, 3.05) is 5.32 Å². The van der Waals surface area contributed by atoms with Crippen molar-refractivity contribution in [3.05, 3.63) is 41.3 Å². The lowest BCUT2D eigenvalue weighted by atomic mass is 10.3. The summed E-state index contributed by atoms with van der Waals surface area (Å²) in [6, 6.07) is 2.04. The van der Waals surface area contributed by atoms with E-state index in [1.165, 1.54) is 0 Å². The van der Waals surface area contributed by atoms with Crippen LogP contribution in [-0.2, 0) is 13.6 Å². The molecule has 0 atom stereocenters. The molecule has 0 bridgehead atoms. The quantitative estimate of drug-likeness (QED) is 0.595. The summed E-state index contributed by atoms with van der Waals surface area (Å²) in [5.74, 6) is 1.76. The first-order valence-electron chi connectivity index (χ1n) is 6.61. The number of hydrogen-bond donors (Lipinski definition) is 1. The van der Waals surface area contributed by atoms with Gasteiger partial charge in [-0.1, -0.05) is 0 Å². The summed E-state index contributed by atoms with van der Waals surface area (Å²) in [6.45, 7) is 0.612. The van der Waals surface area contributed by atoms with E-state index in [0.717, 1.165) is 36.5 Å². The zero-order valence-electron chi connectivity index (χ0n) is 11.6. The number of thiophene rings is 1. The highest BCUT2D eigenvalue weighted by atomic mass is 79.9. The summed E-state index contributed by atoms with van der Waals surface area (Å²) in [6.07, 6.45) is 7.09. The van der Waals surface area contributed by atoms with E-state index in [2.05, 4.69) is 41.2 Å². The summed E-state index contributed by atoms with van der Waals surface area (Å²) < 4.78 is 3.94. The normalized spacial score (nSPS) is 11.4. The van der Waals surface area contributed by atoms with Gasteiger partial charge in [-0.3, -0.25) is 0 Å². The Balaban J connectivity index is 1.78. The SMILES string of the molecule is Cn1ccnc1CNc1ncnc2c1sc1ncc(Br)cc12. The Hall–Kier alpha value is -2.06. The van der Waals surface area contributed by atoms with E-state index in [9.17, 15) is 0 Å². The van der Waals surface area contributed by atoms with Crippen molar-refractivity contribution in [2.24, 2.45) is 7.05 Å². The molecule has 22 heavy (non-hydrogen) atoms. The molecule has 8 heteroatoms. The van der Waals surface area contributed by atoms with Gasteiger partial charge in [-0.05, 0) is 22.0 Å². The first-order valence-corrected chi connectivity index (χ1v) is 8.22. The van der Waals surface area contributed by atoms with Crippen molar-refractivity contribution in [1.29, 1.82) is 0 Å². The Morgan fingerprint density at radius 1 is 1.27 bits per heavy atom. The van der Waals surface area contributed by atoms with Crippen LogP contribution in [0.15, 0.2) is 35.5 Å². The van der Waals surface area contributed by atoms with Crippen LogP contribution in [0.2, 0.25) is 0 Å². The molecule has 4 rings (SSSR count). The van der Waals surface area contributed by atoms with Crippen LogP contribution in [-0.4, -0.2) is 24.5 Å². The van der Waals surface area contributed by atoms with Gasteiger partial charge >= 0.3 is 0 Å². The van der Waals surface area contributed by atoms with E-state index in [1.54, 1.807) is 30.1 Å². The second kappa shape index (κ2) is 5.29. The molecule has 4 aromatic rings. The number of hydrogen-bond acceptors (Lipinski definition) is 6. The molecule has 0 amide bonds. The van der Waals surface area contributed by atoms with E-state index in [4.69, 9.17) is 0 Å². The zero-order chi connectivity index (χ0) is 15.1. The van der Waals surface area contributed by atoms with Crippen LogP contribution in [0.25, 0.3) is 20.4 Å². The fourth-order valence-electron chi connectivity index (χ4n) is 2.29. The van der Waals surface area contributed by atoms with Crippen molar-refractivity contribution in [3.63, 3.8) is 0 Å².